The van der Waals surface area contributed by atoms with Crippen molar-refractivity contribution in [2.45, 2.75) is 19.3 Å². The second kappa shape index (κ2) is 2.45. The highest BCUT2D eigenvalue weighted by atomic mass is 14.1. The number of aryl methyl sites for hydroxylation is 1. The predicted octanol–water partition coefficient (Wildman–Crippen LogP) is 2.38. The standard InChI is InChI=1S/C10H10/c1-2-6-10-8-4-3-7-9(10)5-1/h1-2,5,7H,3-4,8H2. The Morgan fingerprint density at radius 1 is 1.40 bits per heavy atom. The molecule has 0 nitrogen and oxygen atoms in total. The van der Waals surface area contributed by atoms with Crippen LogP contribution in [0.1, 0.15) is 24.0 Å². The molecule has 0 amide bonds. The van der Waals surface area contributed by atoms with E-state index in [1.54, 1.807) is 0 Å². The van der Waals surface area contributed by atoms with E-state index in [-0.39, 0.29) is 0 Å². The van der Waals surface area contributed by atoms with Crippen LogP contribution in [0.25, 0.3) is 0 Å². The Kier molecular flexibility index (Phi) is 1.46. The van der Waals surface area contributed by atoms with Crippen molar-refractivity contribution in [2.75, 3.05) is 0 Å². The van der Waals surface area contributed by atoms with Gasteiger partial charge in [0.1, 0.15) is 0 Å². The van der Waals surface area contributed by atoms with Gasteiger partial charge in [0.15, 0.2) is 0 Å². The van der Waals surface area contributed by atoms with Crippen LogP contribution < -0.4 is 0 Å². The van der Waals surface area contributed by atoms with Crippen molar-refractivity contribution in [3.63, 3.8) is 0 Å². The van der Waals surface area contributed by atoms with Crippen LogP contribution in [0, 0.1) is 12.5 Å². The van der Waals surface area contributed by atoms with Crippen molar-refractivity contribution in [3.05, 3.63) is 41.8 Å². The van der Waals surface area contributed by atoms with E-state index in [9.17, 15) is 0 Å². The minimum absolute atomic E-state index is 1.21. The average Bonchev–Trinajstić information content (AvgIpc) is 2.05. The molecule has 50 valence electrons. The van der Waals surface area contributed by atoms with Crippen LogP contribution in [0.5, 0.6) is 0 Å². The molecule has 0 unspecified atom stereocenters. The molecule has 0 N–H and O–H groups in total. The highest BCUT2D eigenvalue weighted by molar-refractivity contribution is 5.33. The summed E-state index contributed by atoms with van der Waals surface area (Å²) >= 11 is 0. The Labute approximate surface area is 61.9 Å². The van der Waals surface area contributed by atoms with Crippen molar-refractivity contribution in [1.82, 2.24) is 0 Å². The zero-order chi connectivity index (χ0) is 6.81. The molecule has 1 aromatic carbocycles. The highest BCUT2D eigenvalue weighted by Gasteiger charge is 2.06. The second-order valence-corrected chi connectivity index (χ2v) is 2.70. The van der Waals surface area contributed by atoms with Gasteiger partial charge in [-0.1, -0.05) is 18.2 Å². The first-order valence-corrected chi connectivity index (χ1v) is 3.79. The van der Waals surface area contributed by atoms with E-state index >= 15 is 0 Å². The van der Waals surface area contributed by atoms with Gasteiger partial charge in [-0.2, -0.15) is 0 Å². The zero-order valence-corrected chi connectivity index (χ0v) is 5.93. The molecule has 0 heteroatoms. The van der Waals surface area contributed by atoms with E-state index in [0.29, 0.717) is 0 Å². The zero-order valence-electron chi connectivity index (χ0n) is 5.93. The van der Waals surface area contributed by atoms with Gasteiger partial charge in [0.2, 0.25) is 0 Å². The van der Waals surface area contributed by atoms with Gasteiger partial charge in [0.25, 0.3) is 0 Å². The summed E-state index contributed by atoms with van der Waals surface area (Å²) in [5.74, 6) is 0. The molecule has 0 aliphatic heterocycles. The molecule has 0 spiro atoms. The van der Waals surface area contributed by atoms with E-state index in [1.807, 2.05) is 6.07 Å². The quantitative estimate of drug-likeness (QED) is 0.505. The summed E-state index contributed by atoms with van der Waals surface area (Å²) in [6.07, 6.45) is 6.06. The summed E-state index contributed by atoms with van der Waals surface area (Å²) < 4.78 is 0. The van der Waals surface area contributed by atoms with Gasteiger partial charge in [-0.3, -0.25) is 0 Å². The Bertz CT molecular complexity index is 200. The topological polar surface area (TPSA) is 0 Å². The fourth-order valence-corrected chi connectivity index (χ4v) is 1.43. The molecular weight excluding hydrogens is 120 g/mol. The van der Waals surface area contributed by atoms with Gasteiger partial charge in [0.05, 0.1) is 0 Å². The first-order chi connectivity index (χ1) is 4.97. The van der Waals surface area contributed by atoms with Gasteiger partial charge in [-0.25, -0.2) is 0 Å². The number of rotatable bonds is 0. The van der Waals surface area contributed by atoms with E-state index < -0.39 is 0 Å². The number of benzene rings is 1. The van der Waals surface area contributed by atoms with Gasteiger partial charge < -0.3 is 0 Å². The van der Waals surface area contributed by atoms with Gasteiger partial charge in [0, 0.05) is 0 Å². The van der Waals surface area contributed by atoms with Crippen LogP contribution in [0.4, 0.5) is 0 Å². The summed E-state index contributed by atoms with van der Waals surface area (Å²) in [6.45, 7) is 0. The minimum Gasteiger partial charge on any atom is -0.0613 e. The van der Waals surface area contributed by atoms with Crippen molar-refractivity contribution in [3.8, 4) is 0 Å². The summed E-state index contributed by atoms with van der Waals surface area (Å²) in [7, 11) is 0. The highest BCUT2D eigenvalue weighted by Crippen LogP contribution is 2.20. The first-order valence-electron chi connectivity index (χ1n) is 3.79. The first kappa shape index (κ1) is 5.96. The fourth-order valence-electron chi connectivity index (χ4n) is 1.43. The summed E-state index contributed by atoms with van der Waals surface area (Å²) in [5, 5.41) is 0. The van der Waals surface area contributed by atoms with Crippen LogP contribution >= 0.6 is 0 Å². The minimum atomic E-state index is 1.21. The van der Waals surface area contributed by atoms with Gasteiger partial charge >= 0.3 is 0 Å². The molecule has 0 bridgehead atoms. The molecule has 0 fully saturated rings. The molecule has 1 aromatic rings. The molecule has 0 atom stereocenters. The molecule has 0 saturated carbocycles. The molecule has 1 aliphatic rings. The number of hydrogen-bond donors (Lipinski definition) is 0. The van der Waals surface area contributed by atoms with Crippen LogP contribution in [0.15, 0.2) is 18.2 Å². The lowest BCUT2D eigenvalue weighted by Crippen LogP contribution is -1.99. The smallest absolute Gasteiger partial charge is 0.00899 e. The summed E-state index contributed by atoms with van der Waals surface area (Å²) in [4.78, 5) is 0. The predicted molar refractivity (Wildman–Crippen MR) is 41.6 cm³/mol. The van der Waals surface area contributed by atoms with E-state index in [4.69, 9.17) is 0 Å². The molecule has 0 heterocycles. The molecule has 0 saturated heterocycles. The lowest BCUT2D eigenvalue weighted by Gasteiger charge is -2.13. The van der Waals surface area contributed by atoms with Crippen molar-refractivity contribution in [2.24, 2.45) is 0 Å². The molecule has 2 rings (SSSR count). The Balaban J connectivity index is 2.41. The Hall–Kier alpha value is -0.780. The molecule has 0 aromatic heterocycles. The van der Waals surface area contributed by atoms with Crippen LogP contribution in [0.3, 0.4) is 0 Å². The monoisotopic (exact) mass is 130 g/mol. The SMILES string of the molecule is [c]1cccc2c1CCC[CH]2. The molecule has 10 heavy (non-hydrogen) atoms. The van der Waals surface area contributed by atoms with Gasteiger partial charge in [-0.05, 0) is 42.9 Å². The lowest BCUT2D eigenvalue weighted by atomic mass is 9.92. The summed E-state index contributed by atoms with van der Waals surface area (Å²) in [5.41, 5.74) is 2.79. The maximum atomic E-state index is 3.26. The third kappa shape index (κ3) is 0.942. The molecule has 2 radical (unpaired) electrons. The molecule has 1 aliphatic carbocycles. The Morgan fingerprint density at radius 2 is 2.40 bits per heavy atom. The molecular formula is C10H10. The Morgan fingerprint density at radius 3 is 3.30 bits per heavy atom. The van der Waals surface area contributed by atoms with E-state index in [1.165, 1.54) is 30.4 Å². The lowest BCUT2D eigenvalue weighted by molar-refractivity contribution is 0.774. The maximum Gasteiger partial charge on any atom is -0.00899 e. The van der Waals surface area contributed by atoms with Crippen molar-refractivity contribution >= 4 is 0 Å². The van der Waals surface area contributed by atoms with E-state index in [2.05, 4.69) is 24.6 Å². The number of fused-ring (bicyclic) bond motifs is 1. The van der Waals surface area contributed by atoms with Gasteiger partial charge in [-0.15, -0.1) is 0 Å². The summed E-state index contributed by atoms with van der Waals surface area (Å²) in [6, 6.07) is 9.48. The third-order valence-electron chi connectivity index (χ3n) is 1.97. The second-order valence-electron chi connectivity index (χ2n) is 2.70. The third-order valence-corrected chi connectivity index (χ3v) is 1.97. The van der Waals surface area contributed by atoms with Crippen LogP contribution in [0.2, 0.25) is 0 Å². The average molecular weight is 130 g/mol. The van der Waals surface area contributed by atoms with Crippen molar-refractivity contribution < 1.29 is 0 Å². The van der Waals surface area contributed by atoms with Crippen LogP contribution in [-0.2, 0) is 6.42 Å². The van der Waals surface area contributed by atoms with E-state index in [0.717, 1.165) is 0 Å². The number of hydrogen-bond acceptors (Lipinski definition) is 0. The maximum absolute atomic E-state index is 3.26. The normalized spacial score (nSPS) is 16.4. The van der Waals surface area contributed by atoms with Crippen molar-refractivity contribution in [1.29, 1.82) is 0 Å². The largest absolute Gasteiger partial charge is 0.0613 e. The fraction of sp³-hybridized carbons (Fsp3) is 0.300. The van der Waals surface area contributed by atoms with Crippen LogP contribution in [-0.4, -0.2) is 0 Å².